The molecule has 0 amide bonds. The molecule has 0 bridgehead atoms. The fraction of sp³-hybridized carbons (Fsp3) is 0.833. The van der Waals surface area contributed by atoms with Crippen LogP contribution in [0.1, 0.15) is 26.7 Å². The van der Waals surface area contributed by atoms with Crippen LogP contribution in [0, 0.1) is 0 Å². The molecule has 2 heteroatoms. The Morgan fingerprint density at radius 1 is 1.62 bits per heavy atom. The van der Waals surface area contributed by atoms with E-state index in [1.165, 1.54) is 0 Å². The first-order chi connectivity index (χ1) is 3.60. The summed E-state index contributed by atoms with van der Waals surface area (Å²) in [6.07, 6.45) is 2.09. The summed E-state index contributed by atoms with van der Waals surface area (Å²) in [7, 11) is 0. The molecule has 8 heavy (non-hydrogen) atoms. The molecule has 2 nitrogen and oxygen atoms in total. The van der Waals surface area contributed by atoms with Gasteiger partial charge in [-0.2, -0.15) is 0 Å². The van der Waals surface area contributed by atoms with Crippen LogP contribution in [0.15, 0.2) is 4.99 Å². The Morgan fingerprint density at radius 3 is 2.38 bits per heavy atom. The minimum atomic E-state index is 0.129. The zero-order valence-corrected chi connectivity index (χ0v) is 5.44. The smallest absolute Gasteiger partial charge is 0.0944 e. The molecule has 1 aliphatic rings. The molecule has 0 aromatic heterocycles. The summed E-state index contributed by atoms with van der Waals surface area (Å²) < 4.78 is 0. The fourth-order valence-corrected chi connectivity index (χ4v) is 0.935. The van der Waals surface area contributed by atoms with Gasteiger partial charge in [-0.1, -0.05) is 0 Å². The van der Waals surface area contributed by atoms with Crippen LogP contribution in [0.2, 0.25) is 0 Å². The van der Waals surface area contributed by atoms with Gasteiger partial charge in [0.1, 0.15) is 0 Å². The number of hydrogen-bond donors (Lipinski definition) is 1. The third kappa shape index (κ3) is 0.997. The Balaban J connectivity index is 2.67. The largest absolute Gasteiger partial charge is 0.387 e. The molecule has 1 rings (SSSR count). The Hall–Kier alpha value is -0.530. The number of nitrogens with zero attached hydrogens (tertiary/aromatic N) is 1. The van der Waals surface area contributed by atoms with Crippen molar-refractivity contribution < 1.29 is 0 Å². The van der Waals surface area contributed by atoms with E-state index in [2.05, 4.69) is 18.8 Å². The second kappa shape index (κ2) is 1.47. The summed E-state index contributed by atoms with van der Waals surface area (Å²) in [5.41, 5.74) is 5.59. The molecule has 0 aliphatic carbocycles. The number of hydrogen-bond acceptors (Lipinski definition) is 2. The number of rotatable bonds is 0. The standard InChI is InChI=1S/C6H12N2/c1-6(2)4-3-5(7)8-6/h3-4H2,1-2H3,(H2,7,8). The molecule has 0 unspecified atom stereocenters. The average molecular weight is 112 g/mol. The molecule has 46 valence electrons. The van der Waals surface area contributed by atoms with Gasteiger partial charge in [0.2, 0.25) is 0 Å². The van der Waals surface area contributed by atoms with Gasteiger partial charge in [-0.05, 0) is 20.3 Å². The van der Waals surface area contributed by atoms with Gasteiger partial charge in [0, 0.05) is 6.42 Å². The predicted molar refractivity (Wildman–Crippen MR) is 34.9 cm³/mol. The molecule has 0 saturated carbocycles. The minimum absolute atomic E-state index is 0.129. The van der Waals surface area contributed by atoms with E-state index in [1.807, 2.05) is 0 Å². The van der Waals surface area contributed by atoms with Crippen LogP contribution in [0.5, 0.6) is 0 Å². The zero-order valence-electron chi connectivity index (χ0n) is 5.44. The lowest BCUT2D eigenvalue weighted by Crippen LogP contribution is -2.11. The molecule has 0 aromatic carbocycles. The molecule has 0 aromatic rings. The number of amidine groups is 1. The topological polar surface area (TPSA) is 38.4 Å². The second-order valence-corrected chi connectivity index (χ2v) is 2.92. The summed E-state index contributed by atoms with van der Waals surface area (Å²) >= 11 is 0. The third-order valence-electron chi connectivity index (χ3n) is 1.44. The molecule has 1 aliphatic heterocycles. The first-order valence-electron chi connectivity index (χ1n) is 2.94. The lowest BCUT2D eigenvalue weighted by atomic mass is 10.0. The van der Waals surface area contributed by atoms with Crippen molar-refractivity contribution in [3.8, 4) is 0 Å². The van der Waals surface area contributed by atoms with E-state index >= 15 is 0 Å². The summed E-state index contributed by atoms with van der Waals surface area (Å²) in [5.74, 6) is 0.815. The van der Waals surface area contributed by atoms with Crippen molar-refractivity contribution in [2.45, 2.75) is 32.2 Å². The Kier molecular flexibility index (Phi) is 1.03. The van der Waals surface area contributed by atoms with Crippen molar-refractivity contribution in [3.63, 3.8) is 0 Å². The zero-order chi connectivity index (χ0) is 6.20. The van der Waals surface area contributed by atoms with E-state index < -0.39 is 0 Å². The van der Waals surface area contributed by atoms with Gasteiger partial charge in [-0.25, -0.2) is 0 Å². The van der Waals surface area contributed by atoms with Crippen molar-refractivity contribution in [1.29, 1.82) is 0 Å². The fourth-order valence-electron chi connectivity index (χ4n) is 0.935. The van der Waals surface area contributed by atoms with Crippen molar-refractivity contribution in [3.05, 3.63) is 0 Å². The maximum atomic E-state index is 5.46. The molecule has 0 fully saturated rings. The van der Waals surface area contributed by atoms with Gasteiger partial charge in [-0.3, -0.25) is 4.99 Å². The van der Waals surface area contributed by atoms with Crippen LogP contribution in [0.4, 0.5) is 0 Å². The van der Waals surface area contributed by atoms with Gasteiger partial charge in [-0.15, -0.1) is 0 Å². The van der Waals surface area contributed by atoms with Crippen molar-refractivity contribution in [2.24, 2.45) is 10.7 Å². The van der Waals surface area contributed by atoms with Crippen LogP contribution >= 0.6 is 0 Å². The SMILES string of the molecule is CC1(C)CCC(N)=N1. The first kappa shape index (κ1) is 5.60. The maximum absolute atomic E-state index is 5.46. The van der Waals surface area contributed by atoms with Gasteiger partial charge in [0.05, 0.1) is 11.4 Å². The van der Waals surface area contributed by atoms with Crippen LogP contribution in [-0.2, 0) is 0 Å². The number of aliphatic imine (C=N–C) groups is 1. The lowest BCUT2D eigenvalue weighted by Gasteiger charge is -2.10. The maximum Gasteiger partial charge on any atom is 0.0944 e. The van der Waals surface area contributed by atoms with Gasteiger partial charge >= 0.3 is 0 Å². The van der Waals surface area contributed by atoms with E-state index in [0.717, 1.165) is 18.7 Å². The normalized spacial score (nSPS) is 25.5. The number of nitrogens with two attached hydrogens (primary N) is 1. The van der Waals surface area contributed by atoms with Crippen LogP contribution in [0.25, 0.3) is 0 Å². The summed E-state index contributed by atoms with van der Waals surface area (Å²) in [5, 5.41) is 0. The summed E-state index contributed by atoms with van der Waals surface area (Å²) in [6, 6.07) is 0. The van der Waals surface area contributed by atoms with Crippen molar-refractivity contribution >= 4 is 5.84 Å². The van der Waals surface area contributed by atoms with E-state index in [1.54, 1.807) is 0 Å². The van der Waals surface area contributed by atoms with E-state index in [4.69, 9.17) is 5.73 Å². The first-order valence-corrected chi connectivity index (χ1v) is 2.94. The van der Waals surface area contributed by atoms with Gasteiger partial charge < -0.3 is 5.73 Å². The molecular formula is C6H12N2. The second-order valence-electron chi connectivity index (χ2n) is 2.92. The minimum Gasteiger partial charge on any atom is -0.387 e. The monoisotopic (exact) mass is 112 g/mol. The molecule has 0 radical (unpaired) electrons. The summed E-state index contributed by atoms with van der Waals surface area (Å²) in [4.78, 5) is 4.22. The highest BCUT2D eigenvalue weighted by atomic mass is 15.0. The molecule has 1 heterocycles. The lowest BCUT2D eigenvalue weighted by molar-refractivity contribution is 0.522. The van der Waals surface area contributed by atoms with Crippen LogP contribution in [-0.4, -0.2) is 11.4 Å². The average Bonchev–Trinajstić information content (AvgIpc) is 1.82. The van der Waals surface area contributed by atoms with E-state index in [-0.39, 0.29) is 5.54 Å². The highest BCUT2D eigenvalue weighted by Gasteiger charge is 2.22. The van der Waals surface area contributed by atoms with Gasteiger partial charge in [0.25, 0.3) is 0 Å². The molecular weight excluding hydrogens is 100 g/mol. The Bertz CT molecular complexity index is 124. The molecule has 2 N–H and O–H groups in total. The van der Waals surface area contributed by atoms with E-state index in [9.17, 15) is 0 Å². The highest BCUT2D eigenvalue weighted by Crippen LogP contribution is 2.22. The van der Waals surface area contributed by atoms with Crippen molar-refractivity contribution in [2.75, 3.05) is 0 Å². The molecule has 0 atom stereocenters. The van der Waals surface area contributed by atoms with Crippen LogP contribution in [0.3, 0.4) is 0 Å². The molecule has 0 saturated heterocycles. The highest BCUT2D eigenvalue weighted by molar-refractivity contribution is 5.82. The molecule has 0 spiro atoms. The van der Waals surface area contributed by atoms with E-state index in [0.29, 0.717) is 0 Å². The third-order valence-corrected chi connectivity index (χ3v) is 1.44. The Labute approximate surface area is 49.8 Å². The summed E-state index contributed by atoms with van der Waals surface area (Å²) in [6.45, 7) is 4.21. The Morgan fingerprint density at radius 2 is 2.25 bits per heavy atom. The van der Waals surface area contributed by atoms with Crippen molar-refractivity contribution in [1.82, 2.24) is 0 Å². The predicted octanol–water partition coefficient (Wildman–Crippen LogP) is 0.916. The van der Waals surface area contributed by atoms with Crippen LogP contribution < -0.4 is 5.73 Å². The van der Waals surface area contributed by atoms with Gasteiger partial charge in [0.15, 0.2) is 0 Å². The quantitative estimate of drug-likeness (QED) is 0.497.